The summed E-state index contributed by atoms with van der Waals surface area (Å²) in [4.78, 5) is 23.1. The minimum atomic E-state index is -0.398. The average Bonchev–Trinajstić information content (AvgIpc) is 2.79. The van der Waals surface area contributed by atoms with Gasteiger partial charge in [-0.2, -0.15) is 0 Å². The molecule has 3 aromatic rings. The van der Waals surface area contributed by atoms with Crippen molar-refractivity contribution in [3.05, 3.63) is 72.1 Å². The van der Waals surface area contributed by atoms with Crippen LogP contribution in [0.4, 0.5) is 14.7 Å². The van der Waals surface area contributed by atoms with Crippen molar-refractivity contribution in [3.63, 3.8) is 0 Å². The molecular weight excluding hydrogens is 402 g/mol. The van der Waals surface area contributed by atoms with E-state index in [1.807, 2.05) is 0 Å². The zero-order valence-corrected chi connectivity index (χ0v) is 16.8. The summed E-state index contributed by atoms with van der Waals surface area (Å²) >= 11 is 0. The molecule has 31 heavy (non-hydrogen) atoms. The van der Waals surface area contributed by atoms with E-state index < -0.39 is 5.82 Å². The monoisotopic (exact) mass is 424 g/mol. The molecule has 2 heterocycles. The van der Waals surface area contributed by atoms with Crippen molar-refractivity contribution < 1.29 is 18.3 Å². The second-order valence-electron chi connectivity index (χ2n) is 7.35. The molecule has 1 amide bonds. The Bertz CT molecular complexity index is 1080. The molecule has 0 aliphatic carbocycles. The van der Waals surface area contributed by atoms with Crippen molar-refractivity contribution >= 4 is 11.9 Å². The van der Waals surface area contributed by atoms with Crippen molar-refractivity contribution in [3.8, 4) is 16.9 Å². The lowest BCUT2D eigenvalue weighted by molar-refractivity contribution is -0.137. The van der Waals surface area contributed by atoms with Crippen LogP contribution in [-0.2, 0) is 4.79 Å². The van der Waals surface area contributed by atoms with Crippen LogP contribution in [0, 0.1) is 11.6 Å². The highest BCUT2D eigenvalue weighted by atomic mass is 19.1. The highest BCUT2D eigenvalue weighted by Gasteiger charge is 2.32. The number of nitrogen functional groups attached to an aromatic ring is 1. The average molecular weight is 424 g/mol. The predicted octanol–water partition coefficient (Wildman–Crippen LogP) is 4.14. The normalized spacial score (nSPS) is 16.2. The first-order valence-corrected chi connectivity index (χ1v) is 10.1. The van der Waals surface area contributed by atoms with E-state index in [1.165, 1.54) is 36.5 Å². The Morgan fingerprint density at radius 3 is 2.65 bits per heavy atom. The third-order valence-corrected chi connectivity index (χ3v) is 5.32. The predicted molar refractivity (Wildman–Crippen MR) is 112 cm³/mol. The van der Waals surface area contributed by atoms with Crippen molar-refractivity contribution in [1.82, 2.24) is 14.9 Å². The van der Waals surface area contributed by atoms with Gasteiger partial charge >= 0.3 is 0 Å². The van der Waals surface area contributed by atoms with Crippen LogP contribution in [0.15, 0.2) is 54.7 Å². The van der Waals surface area contributed by atoms with E-state index in [-0.39, 0.29) is 30.3 Å². The maximum atomic E-state index is 14.5. The van der Waals surface area contributed by atoms with Gasteiger partial charge in [-0.1, -0.05) is 18.2 Å². The Balaban J connectivity index is 1.61. The number of carbonyl (C=O) groups is 1. The van der Waals surface area contributed by atoms with Gasteiger partial charge in [-0.3, -0.25) is 4.79 Å². The molecular formula is C23H22F2N4O2. The third kappa shape index (κ3) is 4.63. The van der Waals surface area contributed by atoms with E-state index in [2.05, 4.69) is 9.97 Å². The van der Waals surface area contributed by atoms with E-state index in [4.69, 9.17) is 10.5 Å². The van der Waals surface area contributed by atoms with Crippen LogP contribution in [0.25, 0.3) is 11.1 Å². The molecule has 0 bridgehead atoms. The molecule has 1 atom stereocenters. The standard InChI is InChI=1S/C23H22F2N4O2/c24-15-8-10-16(11-9-15)31-14-21(30)29-12-4-3-7-20(29)22-18(13-27-23(26)28-22)17-5-1-2-6-19(17)25/h1-2,5-6,8-11,13,20H,3-4,7,12,14H2,(H2,26,27,28)/t20-/m0/s1. The first-order chi connectivity index (χ1) is 15.0. The maximum absolute atomic E-state index is 14.5. The second kappa shape index (κ2) is 9.07. The van der Waals surface area contributed by atoms with Gasteiger partial charge in [0.25, 0.3) is 5.91 Å². The van der Waals surface area contributed by atoms with E-state index >= 15 is 0 Å². The number of piperidine rings is 1. The smallest absolute Gasteiger partial charge is 0.261 e. The number of carbonyl (C=O) groups excluding carboxylic acids is 1. The molecule has 0 saturated carbocycles. The van der Waals surface area contributed by atoms with Gasteiger partial charge in [0.15, 0.2) is 6.61 Å². The van der Waals surface area contributed by atoms with Gasteiger partial charge in [0.2, 0.25) is 5.95 Å². The molecule has 8 heteroatoms. The van der Waals surface area contributed by atoms with Crippen molar-refractivity contribution in [2.45, 2.75) is 25.3 Å². The summed E-state index contributed by atoms with van der Waals surface area (Å²) in [5.41, 5.74) is 7.23. The minimum absolute atomic E-state index is 0.0654. The van der Waals surface area contributed by atoms with E-state index in [0.717, 1.165) is 12.8 Å². The number of nitrogens with two attached hydrogens (primary N) is 1. The molecule has 0 radical (unpaired) electrons. The molecule has 160 valence electrons. The SMILES string of the molecule is Nc1ncc(-c2ccccc2F)c([C@@H]2CCCCN2C(=O)COc2ccc(F)cc2)n1. The van der Waals surface area contributed by atoms with E-state index in [0.29, 0.717) is 35.5 Å². The zero-order valence-electron chi connectivity index (χ0n) is 16.8. The van der Waals surface area contributed by atoms with Gasteiger partial charge in [-0.15, -0.1) is 0 Å². The molecule has 2 aromatic carbocycles. The summed E-state index contributed by atoms with van der Waals surface area (Å²) < 4.78 is 33.1. The topological polar surface area (TPSA) is 81.3 Å². The summed E-state index contributed by atoms with van der Waals surface area (Å²) in [6.07, 6.45) is 3.91. The molecule has 4 rings (SSSR count). The molecule has 6 nitrogen and oxygen atoms in total. The van der Waals surface area contributed by atoms with Crippen LogP contribution in [0.1, 0.15) is 31.0 Å². The summed E-state index contributed by atoms with van der Waals surface area (Å²) in [5.74, 6) is -0.537. The second-order valence-corrected chi connectivity index (χ2v) is 7.35. The van der Waals surface area contributed by atoms with Gasteiger partial charge in [0.05, 0.1) is 11.7 Å². The van der Waals surface area contributed by atoms with Gasteiger partial charge < -0.3 is 15.4 Å². The fraction of sp³-hybridized carbons (Fsp3) is 0.261. The van der Waals surface area contributed by atoms with Gasteiger partial charge in [-0.25, -0.2) is 18.7 Å². The first-order valence-electron chi connectivity index (χ1n) is 10.1. The van der Waals surface area contributed by atoms with Gasteiger partial charge in [0.1, 0.15) is 17.4 Å². The molecule has 1 aromatic heterocycles. The van der Waals surface area contributed by atoms with Gasteiger partial charge in [0, 0.05) is 23.9 Å². The van der Waals surface area contributed by atoms with Crippen molar-refractivity contribution in [1.29, 1.82) is 0 Å². The number of nitrogens with zero attached hydrogens (tertiary/aromatic N) is 3. The molecule has 1 aliphatic heterocycles. The van der Waals surface area contributed by atoms with Crippen LogP contribution >= 0.6 is 0 Å². The van der Waals surface area contributed by atoms with Crippen molar-refractivity contribution in [2.24, 2.45) is 0 Å². The Labute approximate surface area is 178 Å². The molecule has 1 saturated heterocycles. The molecule has 2 N–H and O–H groups in total. The summed E-state index contributed by atoms with van der Waals surface area (Å²) in [6, 6.07) is 11.5. The zero-order chi connectivity index (χ0) is 21.8. The Hall–Kier alpha value is -3.55. The quantitative estimate of drug-likeness (QED) is 0.666. The highest BCUT2D eigenvalue weighted by molar-refractivity contribution is 5.79. The van der Waals surface area contributed by atoms with Crippen LogP contribution in [-0.4, -0.2) is 33.9 Å². The molecule has 1 fully saturated rings. The largest absolute Gasteiger partial charge is 0.484 e. The Morgan fingerprint density at radius 1 is 1.10 bits per heavy atom. The third-order valence-electron chi connectivity index (χ3n) is 5.32. The fourth-order valence-corrected chi connectivity index (χ4v) is 3.82. The lowest BCUT2D eigenvalue weighted by atomic mass is 9.93. The number of hydrogen-bond acceptors (Lipinski definition) is 5. The summed E-state index contributed by atoms with van der Waals surface area (Å²) in [6.45, 7) is 0.328. The Kier molecular flexibility index (Phi) is 6.06. The van der Waals surface area contributed by atoms with Crippen LogP contribution < -0.4 is 10.5 Å². The lowest BCUT2D eigenvalue weighted by Crippen LogP contribution is -2.41. The number of benzene rings is 2. The van der Waals surface area contributed by atoms with Crippen molar-refractivity contribution in [2.75, 3.05) is 18.9 Å². The fourth-order valence-electron chi connectivity index (χ4n) is 3.82. The molecule has 0 spiro atoms. The Morgan fingerprint density at radius 2 is 1.87 bits per heavy atom. The number of anilines is 1. The summed E-state index contributed by atoms with van der Waals surface area (Å²) in [7, 11) is 0. The highest BCUT2D eigenvalue weighted by Crippen LogP contribution is 2.36. The van der Waals surface area contributed by atoms with Crippen LogP contribution in [0.5, 0.6) is 5.75 Å². The number of aromatic nitrogens is 2. The molecule has 0 unspecified atom stereocenters. The number of likely N-dealkylation sites (tertiary alicyclic amines) is 1. The first kappa shape index (κ1) is 20.7. The number of amides is 1. The minimum Gasteiger partial charge on any atom is -0.484 e. The molecule has 1 aliphatic rings. The maximum Gasteiger partial charge on any atom is 0.261 e. The van der Waals surface area contributed by atoms with Crippen LogP contribution in [0.3, 0.4) is 0 Å². The van der Waals surface area contributed by atoms with Gasteiger partial charge in [-0.05, 0) is 49.6 Å². The lowest BCUT2D eigenvalue weighted by Gasteiger charge is -2.36. The number of hydrogen-bond donors (Lipinski definition) is 1. The number of halogens is 2. The number of ether oxygens (including phenoxy) is 1. The van der Waals surface area contributed by atoms with Crippen LogP contribution in [0.2, 0.25) is 0 Å². The van der Waals surface area contributed by atoms with E-state index in [1.54, 1.807) is 23.1 Å². The van der Waals surface area contributed by atoms with E-state index in [9.17, 15) is 13.6 Å². The summed E-state index contributed by atoms with van der Waals surface area (Å²) in [5, 5.41) is 0. The number of rotatable bonds is 5.